The van der Waals surface area contributed by atoms with Crippen LogP contribution < -0.4 is 0 Å². The molecule has 162 valence electrons. The lowest BCUT2D eigenvalue weighted by molar-refractivity contribution is -0.137. The molecule has 1 aliphatic heterocycles. The second-order valence-corrected chi connectivity index (χ2v) is 7.95. The number of hydrogen-bond acceptors (Lipinski definition) is 2. The zero-order valence-electron chi connectivity index (χ0n) is 17.0. The van der Waals surface area contributed by atoms with Crippen molar-refractivity contribution < 1.29 is 22.4 Å². The van der Waals surface area contributed by atoms with Gasteiger partial charge >= 0.3 is 6.18 Å². The molecular weight excluding hydrogens is 396 g/mol. The van der Waals surface area contributed by atoms with Crippen molar-refractivity contribution in [2.24, 2.45) is 5.92 Å². The van der Waals surface area contributed by atoms with Gasteiger partial charge in [-0.05, 0) is 61.6 Å². The molecule has 0 aromatic heterocycles. The van der Waals surface area contributed by atoms with Crippen molar-refractivity contribution in [3.05, 3.63) is 71.0 Å². The average Bonchev–Trinajstić information content (AvgIpc) is 2.71. The smallest absolute Gasteiger partial charge is 0.341 e. The van der Waals surface area contributed by atoms with Crippen LogP contribution in [0.5, 0.6) is 0 Å². The summed E-state index contributed by atoms with van der Waals surface area (Å²) < 4.78 is 52.0. The normalized spacial score (nSPS) is 17.7. The van der Waals surface area contributed by atoms with Gasteiger partial charge in [-0.2, -0.15) is 13.2 Å². The van der Waals surface area contributed by atoms with Crippen LogP contribution in [0.4, 0.5) is 17.6 Å². The van der Waals surface area contributed by atoms with Crippen LogP contribution in [0, 0.1) is 11.7 Å². The second-order valence-electron chi connectivity index (χ2n) is 7.95. The van der Waals surface area contributed by atoms with E-state index in [1.165, 1.54) is 30.3 Å². The monoisotopic (exact) mass is 422 g/mol. The molecule has 0 spiro atoms. The van der Waals surface area contributed by atoms with Gasteiger partial charge in [0.1, 0.15) is 5.82 Å². The van der Waals surface area contributed by atoms with Gasteiger partial charge in [0.05, 0.1) is 5.56 Å². The van der Waals surface area contributed by atoms with Crippen LogP contribution in [0.15, 0.2) is 48.5 Å². The summed E-state index contributed by atoms with van der Waals surface area (Å²) in [4.78, 5) is 16.4. The van der Waals surface area contributed by atoms with E-state index in [1.807, 2.05) is 0 Å². The number of hydrogen-bond donors (Lipinski definition) is 0. The topological polar surface area (TPSA) is 23.6 Å². The number of rotatable bonds is 6. The van der Waals surface area contributed by atoms with Gasteiger partial charge in [0.15, 0.2) is 0 Å². The molecule has 2 aromatic carbocycles. The number of benzene rings is 2. The predicted molar refractivity (Wildman–Crippen MR) is 108 cm³/mol. The van der Waals surface area contributed by atoms with Crippen LogP contribution in [-0.4, -0.2) is 48.9 Å². The van der Waals surface area contributed by atoms with Crippen molar-refractivity contribution in [3.63, 3.8) is 0 Å². The largest absolute Gasteiger partial charge is 0.416 e. The van der Waals surface area contributed by atoms with Crippen LogP contribution in [0.25, 0.3) is 0 Å². The molecule has 30 heavy (non-hydrogen) atoms. The minimum absolute atomic E-state index is 0.212. The van der Waals surface area contributed by atoms with Gasteiger partial charge in [0.25, 0.3) is 5.91 Å². The molecule has 1 atom stereocenters. The number of amides is 1. The van der Waals surface area contributed by atoms with Gasteiger partial charge in [0.2, 0.25) is 0 Å². The van der Waals surface area contributed by atoms with E-state index in [1.54, 1.807) is 24.1 Å². The van der Waals surface area contributed by atoms with Crippen molar-refractivity contribution in [1.29, 1.82) is 0 Å². The lowest BCUT2D eigenvalue weighted by atomic mass is 9.96. The Morgan fingerprint density at radius 3 is 2.67 bits per heavy atom. The van der Waals surface area contributed by atoms with E-state index >= 15 is 0 Å². The summed E-state index contributed by atoms with van der Waals surface area (Å²) in [6.45, 7) is 2.94. The number of carbonyl (C=O) groups is 1. The summed E-state index contributed by atoms with van der Waals surface area (Å²) in [5, 5.41) is 0. The first kappa shape index (κ1) is 22.3. The third-order valence-electron chi connectivity index (χ3n) is 5.52. The van der Waals surface area contributed by atoms with Crippen LogP contribution in [-0.2, 0) is 12.6 Å². The lowest BCUT2D eigenvalue weighted by Crippen LogP contribution is -2.42. The highest BCUT2D eigenvalue weighted by atomic mass is 19.4. The fourth-order valence-electron chi connectivity index (χ4n) is 4.01. The summed E-state index contributed by atoms with van der Waals surface area (Å²) in [6, 6.07) is 11.1. The van der Waals surface area contributed by atoms with E-state index in [-0.39, 0.29) is 11.8 Å². The fourth-order valence-corrected chi connectivity index (χ4v) is 4.01. The van der Waals surface area contributed by atoms with E-state index in [9.17, 15) is 22.4 Å². The Balaban J connectivity index is 1.52. The molecule has 1 fully saturated rings. The van der Waals surface area contributed by atoms with E-state index in [4.69, 9.17) is 0 Å². The summed E-state index contributed by atoms with van der Waals surface area (Å²) in [5.74, 6) is -0.369. The van der Waals surface area contributed by atoms with E-state index in [0.29, 0.717) is 30.6 Å². The molecule has 3 nitrogen and oxygen atoms in total. The third-order valence-corrected chi connectivity index (χ3v) is 5.52. The Hall–Kier alpha value is -2.41. The maximum absolute atomic E-state index is 13.4. The molecular formula is C23H26F4N2O. The Bertz CT molecular complexity index is 868. The van der Waals surface area contributed by atoms with Gasteiger partial charge < -0.3 is 9.80 Å². The number of piperidine rings is 1. The molecule has 0 radical (unpaired) electrons. The maximum atomic E-state index is 13.4. The summed E-state index contributed by atoms with van der Waals surface area (Å²) in [6.07, 6.45) is -1.81. The van der Waals surface area contributed by atoms with E-state index in [2.05, 4.69) is 4.90 Å². The van der Waals surface area contributed by atoms with Crippen LogP contribution >= 0.6 is 0 Å². The molecule has 1 amide bonds. The van der Waals surface area contributed by atoms with Crippen molar-refractivity contribution >= 4 is 5.91 Å². The summed E-state index contributed by atoms with van der Waals surface area (Å²) in [5.41, 5.74) is 0.383. The Morgan fingerprint density at radius 1 is 1.17 bits per heavy atom. The number of likely N-dealkylation sites (tertiary alicyclic amines) is 1. The van der Waals surface area contributed by atoms with E-state index < -0.39 is 17.6 Å². The van der Waals surface area contributed by atoms with Crippen molar-refractivity contribution in [3.8, 4) is 0 Å². The fraction of sp³-hybridized carbons (Fsp3) is 0.435. The quantitative estimate of drug-likeness (QED) is 0.620. The van der Waals surface area contributed by atoms with Gasteiger partial charge in [-0.25, -0.2) is 4.39 Å². The van der Waals surface area contributed by atoms with Crippen molar-refractivity contribution in [2.45, 2.75) is 25.4 Å². The van der Waals surface area contributed by atoms with Crippen LogP contribution in [0.1, 0.15) is 34.3 Å². The molecule has 1 aliphatic rings. The molecule has 2 aromatic rings. The zero-order chi connectivity index (χ0) is 21.7. The lowest BCUT2D eigenvalue weighted by Gasteiger charge is -2.34. The second kappa shape index (κ2) is 9.60. The molecule has 3 rings (SSSR count). The third kappa shape index (κ3) is 6.05. The summed E-state index contributed by atoms with van der Waals surface area (Å²) in [7, 11) is 1.72. The Kier molecular flexibility index (Phi) is 7.13. The van der Waals surface area contributed by atoms with Gasteiger partial charge in [-0.3, -0.25) is 4.79 Å². The molecule has 0 bridgehead atoms. The standard InChI is InChI=1S/C23H26F4N2O/c1-28(22(30)19-7-3-9-21(24)14-19)15-18-6-4-11-29(16-18)12-10-17-5-2-8-20(13-17)23(25,26)27/h2-3,5,7-9,13-14,18H,4,6,10-12,15-16H2,1H3/t18-/m1/s1. The van der Waals surface area contributed by atoms with Crippen molar-refractivity contribution in [1.82, 2.24) is 9.80 Å². The maximum Gasteiger partial charge on any atom is 0.416 e. The van der Waals surface area contributed by atoms with Crippen LogP contribution in [0.2, 0.25) is 0 Å². The minimum atomic E-state index is -4.33. The highest BCUT2D eigenvalue weighted by Crippen LogP contribution is 2.29. The van der Waals surface area contributed by atoms with E-state index in [0.717, 1.165) is 32.0 Å². The molecule has 1 saturated heterocycles. The van der Waals surface area contributed by atoms with Crippen molar-refractivity contribution in [2.75, 3.05) is 33.2 Å². The SMILES string of the molecule is CN(C[C@H]1CCCN(CCc2cccc(C(F)(F)F)c2)C1)C(=O)c1cccc(F)c1. The highest BCUT2D eigenvalue weighted by Gasteiger charge is 2.30. The molecule has 0 N–H and O–H groups in total. The summed E-state index contributed by atoms with van der Waals surface area (Å²) >= 11 is 0. The highest BCUT2D eigenvalue weighted by molar-refractivity contribution is 5.94. The first-order valence-electron chi connectivity index (χ1n) is 10.1. The molecule has 0 saturated carbocycles. The zero-order valence-corrected chi connectivity index (χ0v) is 17.0. The molecule has 1 heterocycles. The number of alkyl halides is 3. The minimum Gasteiger partial charge on any atom is -0.341 e. The first-order valence-corrected chi connectivity index (χ1v) is 10.1. The van der Waals surface area contributed by atoms with Gasteiger partial charge in [-0.1, -0.05) is 24.3 Å². The molecule has 0 unspecified atom stereocenters. The molecule has 0 aliphatic carbocycles. The number of halogens is 4. The number of carbonyl (C=O) groups excluding carboxylic acids is 1. The van der Waals surface area contributed by atoms with Gasteiger partial charge in [-0.15, -0.1) is 0 Å². The Morgan fingerprint density at radius 2 is 1.93 bits per heavy atom. The number of nitrogens with zero attached hydrogens (tertiary/aromatic N) is 2. The predicted octanol–water partition coefficient (Wildman–Crippen LogP) is 4.87. The molecule has 7 heteroatoms. The first-order chi connectivity index (χ1) is 14.2. The average molecular weight is 422 g/mol. The Labute approximate surface area is 174 Å². The van der Waals surface area contributed by atoms with Crippen LogP contribution in [0.3, 0.4) is 0 Å². The van der Waals surface area contributed by atoms with Gasteiger partial charge in [0, 0.05) is 32.2 Å².